The summed E-state index contributed by atoms with van der Waals surface area (Å²) in [5.74, 6) is 0.526. The first-order chi connectivity index (χ1) is 9.61. The Morgan fingerprint density at radius 2 is 2.30 bits per heavy atom. The van der Waals surface area contributed by atoms with Crippen molar-refractivity contribution in [3.63, 3.8) is 0 Å². The van der Waals surface area contributed by atoms with Crippen molar-refractivity contribution in [2.75, 3.05) is 16.8 Å². The number of hydrogen-bond acceptors (Lipinski definition) is 4. The third-order valence-electron chi connectivity index (χ3n) is 3.45. The Labute approximate surface area is 118 Å². The van der Waals surface area contributed by atoms with Gasteiger partial charge in [0, 0.05) is 30.7 Å². The van der Waals surface area contributed by atoms with Gasteiger partial charge in [-0.15, -0.1) is 0 Å². The Hall–Kier alpha value is -1.82. The third kappa shape index (κ3) is 3.19. The molecule has 1 aliphatic heterocycles. The van der Waals surface area contributed by atoms with E-state index in [4.69, 9.17) is 0 Å². The van der Waals surface area contributed by atoms with Crippen molar-refractivity contribution in [3.05, 3.63) is 48.5 Å². The van der Waals surface area contributed by atoms with Crippen LogP contribution in [-0.4, -0.2) is 35.5 Å². The Balaban J connectivity index is 1.68. The van der Waals surface area contributed by atoms with Gasteiger partial charge in [0.2, 0.25) is 0 Å². The molecule has 106 valence electrons. The Bertz CT molecular complexity index is 680. The van der Waals surface area contributed by atoms with Crippen LogP contribution in [0, 0.1) is 0 Å². The molecule has 1 unspecified atom stereocenters. The van der Waals surface area contributed by atoms with Crippen LogP contribution in [0.15, 0.2) is 43.0 Å². The van der Waals surface area contributed by atoms with Gasteiger partial charge in [-0.3, -0.25) is 0 Å². The summed E-state index contributed by atoms with van der Waals surface area (Å²) in [6.45, 7) is 0.762. The summed E-state index contributed by atoms with van der Waals surface area (Å²) >= 11 is 0. The summed E-state index contributed by atoms with van der Waals surface area (Å²) in [5, 5.41) is 3.31. The molecule has 1 aliphatic rings. The Morgan fingerprint density at radius 1 is 1.40 bits per heavy atom. The summed E-state index contributed by atoms with van der Waals surface area (Å²) in [7, 11) is -2.84. The standard InChI is InChI=1S/C14H17N3O2S/c18-20(19)7-4-14(10-20)16-13-3-1-2-12(8-13)9-17-6-5-15-11-17/h1-3,5-6,8,11,14,16H,4,7,9-10H2. The van der Waals surface area contributed by atoms with Crippen molar-refractivity contribution in [1.29, 1.82) is 0 Å². The van der Waals surface area contributed by atoms with Gasteiger partial charge in [0.15, 0.2) is 9.84 Å². The van der Waals surface area contributed by atoms with Gasteiger partial charge in [0.1, 0.15) is 0 Å². The summed E-state index contributed by atoms with van der Waals surface area (Å²) in [4.78, 5) is 4.02. The quantitative estimate of drug-likeness (QED) is 0.928. The molecule has 0 bridgehead atoms. The fourth-order valence-corrected chi connectivity index (χ4v) is 4.17. The largest absolute Gasteiger partial charge is 0.381 e. The number of nitrogens with zero attached hydrogens (tertiary/aromatic N) is 2. The second-order valence-electron chi connectivity index (χ2n) is 5.18. The highest BCUT2D eigenvalue weighted by atomic mass is 32.2. The molecular formula is C14H17N3O2S. The van der Waals surface area contributed by atoms with Crippen LogP contribution in [0.5, 0.6) is 0 Å². The van der Waals surface area contributed by atoms with Gasteiger partial charge in [-0.1, -0.05) is 12.1 Å². The van der Waals surface area contributed by atoms with E-state index in [2.05, 4.69) is 22.4 Å². The maximum Gasteiger partial charge on any atom is 0.152 e. The lowest BCUT2D eigenvalue weighted by Crippen LogP contribution is -2.20. The van der Waals surface area contributed by atoms with Crippen molar-refractivity contribution in [1.82, 2.24) is 9.55 Å². The summed E-state index contributed by atoms with van der Waals surface area (Å²) in [5.41, 5.74) is 2.14. The van der Waals surface area contributed by atoms with Gasteiger partial charge in [-0.05, 0) is 24.1 Å². The number of sulfone groups is 1. The second-order valence-corrected chi connectivity index (χ2v) is 7.41. The maximum absolute atomic E-state index is 11.5. The van der Waals surface area contributed by atoms with Crippen LogP contribution in [0.4, 0.5) is 5.69 Å². The molecule has 2 heterocycles. The van der Waals surface area contributed by atoms with E-state index in [0.717, 1.165) is 17.8 Å². The van der Waals surface area contributed by atoms with E-state index in [1.165, 1.54) is 0 Å². The Kier molecular flexibility index (Phi) is 3.48. The fourth-order valence-electron chi connectivity index (χ4n) is 2.50. The molecule has 6 heteroatoms. The highest BCUT2D eigenvalue weighted by Gasteiger charge is 2.27. The molecule has 2 aromatic rings. The van der Waals surface area contributed by atoms with E-state index in [0.29, 0.717) is 12.2 Å². The van der Waals surface area contributed by atoms with Crippen molar-refractivity contribution in [2.45, 2.75) is 19.0 Å². The molecule has 1 saturated heterocycles. The van der Waals surface area contributed by atoms with Crippen molar-refractivity contribution < 1.29 is 8.42 Å². The lowest BCUT2D eigenvalue weighted by molar-refractivity contribution is 0.602. The maximum atomic E-state index is 11.5. The number of anilines is 1. The predicted octanol–water partition coefficient (Wildman–Crippen LogP) is 1.53. The molecule has 0 radical (unpaired) electrons. The molecule has 1 aromatic carbocycles. The zero-order chi connectivity index (χ0) is 14.0. The zero-order valence-electron chi connectivity index (χ0n) is 11.1. The van der Waals surface area contributed by atoms with E-state index in [1.807, 2.05) is 22.9 Å². The lowest BCUT2D eigenvalue weighted by Gasteiger charge is -2.13. The number of rotatable bonds is 4. The summed E-state index contributed by atoms with van der Waals surface area (Å²) in [6.07, 6.45) is 6.15. The first-order valence-electron chi connectivity index (χ1n) is 6.62. The highest BCUT2D eigenvalue weighted by molar-refractivity contribution is 7.91. The van der Waals surface area contributed by atoms with Crippen molar-refractivity contribution in [3.8, 4) is 0 Å². The van der Waals surface area contributed by atoms with Gasteiger partial charge in [0.25, 0.3) is 0 Å². The van der Waals surface area contributed by atoms with Crippen LogP contribution in [0.3, 0.4) is 0 Å². The normalized spacial score (nSPS) is 20.9. The zero-order valence-corrected chi connectivity index (χ0v) is 11.9. The van der Waals surface area contributed by atoms with Gasteiger partial charge in [-0.2, -0.15) is 0 Å². The highest BCUT2D eigenvalue weighted by Crippen LogP contribution is 2.18. The molecule has 1 fully saturated rings. The van der Waals surface area contributed by atoms with E-state index < -0.39 is 9.84 Å². The molecular weight excluding hydrogens is 274 g/mol. The molecule has 5 nitrogen and oxygen atoms in total. The first-order valence-corrected chi connectivity index (χ1v) is 8.44. The van der Waals surface area contributed by atoms with Crippen LogP contribution < -0.4 is 5.32 Å². The van der Waals surface area contributed by atoms with E-state index in [1.54, 1.807) is 12.5 Å². The number of nitrogens with one attached hydrogen (secondary N) is 1. The van der Waals surface area contributed by atoms with E-state index in [9.17, 15) is 8.42 Å². The molecule has 1 atom stereocenters. The fraction of sp³-hybridized carbons (Fsp3) is 0.357. The molecule has 0 aliphatic carbocycles. The number of hydrogen-bond donors (Lipinski definition) is 1. The van der Waals surface area contributed by atoms with Crippen LogP contribution in [-0.2, 0) is 16.4 Å². The van der Waals surface area contributed by atoms with Crippen molar-refractivity contribution >= 4 is 15.5 Å². The molecule has 1 N–H and O–H groups in total. The monoisotopic (exact) mass is 291 g/mol. The summed E-state index contributed by atoms with van der Waals surface area (Å²) in [6, 6.07) is 8.10. The van der Waals surface area contributed by atoms with Crippen molar-refractivity contribution in [2.24, 2.45) is 0 Å². The SMILES string of the molecule is O=S1(=O)CCC(Nc2cccc(Cn3ccnc3)c2)C1. The molecule has 20 heavy (non-hydrogen) atoms. The minimum absolute atomic E-state index is 0.0310. The van der Waals surface area contributed by atoms with Gasteiger partial charge < -0.3 is 9.88 Å². The van der Waals surface area contributed by atoms with Crippen LogP contribution >= 0.6 is 0 Å². The van der Waals surface area contributed by atoms with Gasteiger partial charge >= 0.3 is 0 Å². The third-order valence-corrected chi connectivity index (χ3v) is 5.22. The van der Waals surface area contributed by atoms with Gasteiger partial charge in [-0.25, -0.2) is 13.4 Å². The number of aromatic nitrogens is 2. The second kappa shape index (κ2) is 5.28. The molecule has 0 amide bonds. The van der Waals surface area contributed by atoms with Gasteiger partial charge in [0.05, 0.1) is 17.8 Å². The minimum atomic E-state index is -2.84. The van der Waals surface area contributed by atoms with E-state index in [-0.39, 0.29) is 11.8 Å². The molecule has 1 aromatic heterocycles. The van der Waals surface area contributed by atoms with E-state index >= 15 is 0 Å². The number of imidazole rings is 1. The van der Waals surface area contributed by atoms with Crippen LogP contribution in [0.25, 0.3) is 0 Å². The smallest absolute Gasteiger partial charge is 0.152 e. The molecule has 0 spiro atoms. The van der Waals surface area contributed by atoms with Crippen LogP contribution in [0.1, 0.15) is 12.0 Å². The predicted molar refractivity (Wildman–Crippen MR) is 78.5 cm³/mol. The number of benzene rings is 1. The first kappa shape index (κ1) is 13.2. The average molecular weight is 291 g/mol. The lowest BCUT2D eigenvalue weighted by atomic mass is 10.1. The average Bonchev–Trinajstić information content (AvgIpc) is 3.00. The molecule has 3 rings (SSSR count). The summed E-state index contributed by atoms with van der Waals surface area (Å²) < 4.78 is 24.9. The van der Waals surface area contributed by atoms with Crippen LogP contribution in [0.2, 0.25) is 0 Å². The minimum Gasteiger partial charge on any atom is -0.381 e. The Morgan fingerprint density at radius 3 is 3.00 bits per heavy atom. The topological polar surface area (TPSA) is 64.0 Å². The molecule has 0 saturated carbocycles.